The molecule has 106 valence electrons. The summed E-state index contributed by atoms with van der Waals surface area (Å²) in [5.41, 5.74) is 2.88. The first kappa shape index (κ1) is 13.3. The number of aromatic nitrogens is 2. The number of aryl methyl sites for hydroxylation is 3. The van der Waals surface area contributed by atoms with Gasteiger partial charge < -0.3 is 5.11 Å². The van der Waals surface area contributed by atoms with Crippen LogP contribution < -0.4 is 0 Å². The molecule has 1 aromatic heterocycles. The number of rotatable bonds is 3. The van der Waals surface area contributed by atoms with Gasteiger partial charge in [0.25, 0.3) is 0 Å². The fraction of sp³-hybridized carbons (Fsp3) is 0.438. The molecule has 20 heavy (non-hydrogen) atoms. The molecule has 2 aromatic rings. The highest BCUT2D eigenvalue weighted by Crippen LogP contribution is 2.39. The zero-order chi connectivity index (χ0) is 14.3. The van der Waals surface area contributed by atoms with Gasteiger partial charge in [-0.05, 0) is 56.0 Å². The van der Waals surface area contributed by atoms with Crippen molar-refractivity contribution in [2.75, 3.05) is 0 Å². The number of aliphatic hydroxyl groups is 1. The number of nitrogens with zero attached hydrogens (tertiary/aromatic N) is 2. The Morgan fingerprint density at radius 2 is 2.20 bits per heavy atom. The summed E-state index contributed by atoms with van der Waals surface area (Å²) in [6.07, 6.45) is 1.89. The van der Waals surface area contributed by atoms with Crippen molar-refractivity contribution in [3.8, 4) is 0 Å². The molecule has 1 aliphatic carbocycles. The SMILES string of the molecule is CCn1nc(C)cc1CC1(O)CCc2cc(F)ccc21. The summed E-state index contributed by atoms with van der Waals surface area (Å²) in [6, 6.07) is 6.70. The third kappa shape index (κ3) is 2.14. The molecule has 0 bridgehead atoms. The first-order valence-corrected chi connectivity index (χ1v) is 7.06. The predicted octanol–water partition coefficient (Wildman–Crippen LogP) is 2.73. The monoisotopic (exact) mass is 274 g/mol. The van der Waals surface area contributed by atoms with Crippen molar-refractivity contribution in [3.63, 3.8) is 0 Å². The van der Waals surface area contributed by atoms with Crippen molar-refractivity contribution in [2.24, 2.45) is 0 Å². The van der Waals surface area contributed by atoms with Gasteiger partial charge in [0.15, 0.2) is 0 Å². The number of halogens is 1. The van der Waals surface area contributed by atoms with Crippen LogP contribution >= 0.6 is 0 Å². The Morgan fingerprint density at radius 3 is 2.95 bits per heavy atom. The first-order chi connectivity index (χ1) is 9.51. The van der Waals surface area contributed by atoms with Crippen LogP contribution in [0.4, 0.5) is 4.39 Å². The topological polar surface area (TPSA) is 38.0 Å². The van der Waals surface area contributed by atoms with Crippen LogP contribution in [0.5, 0.6) is 0 Å². The van der Waals surface area contributed by atoms with E-state index in [0.29, 0.717) is 12.8 Å². The second-order valence-corrected chi connectivity index (χ2v) is 5.60. The maximum atomic E-state index is 13.3. The Kier molecular flexibility index (Phi) is 3.13. The molecule has 1 aromatic carbocycles. The molecular weight excluding hydrogens is 255 g/mol. The van der Waals surface area contributed by atoms with Crippen molar-refractivity contribution >= 4 is 0 Å². The van der Waals surface area contributed by atoms with Crippen molar-refractivity contribution < 1.29 is 9.50 Å². The first-order valence-electron chi connectivity index (χ1n) is 7.06. The van der Waals surface area contributed by atoms with Crippen LogP contribution in [0.25, 0.3) is 0 Å². The molecular formula is C16H19FN2O. The molecule has 0 saturated carbocycles. The molecule has 1 heterocycles. The van der Waals surface area contributed by atoms with Crippen LogP contribution in [0.2, 0.25) is 0 Å². The summed E-state index contributed by atoms with van der Waals surface area (Å²) in [5, 5.41) is 15.4. The summed E-state index contributed by atoms with van der Waals surface area (Å²) in [5.74, 6) is -0.234. The molecule has 0 spiro atoms. The van der Waals surface area contributed by atoms with Gasteiger partial charge in [0.1, 0.15) is 5.82 Å². The van der Waals surface area contributed by atoms with E-state index in [9.17, 15) is 9.50 Å². The summed E-state index contributed by atoms with van der Waals surface area (Å²) in [6.45, 7) is 4.78. The Morgan fingerprint density at radius 1 is 1.40 bits per heavy atom. The lowest BCUT2D eigenvalue weighted by Crippen LogP contribution is -2.26. The smallest absolute Gasteiger partial charge is 0.123 e. The third-order valence-corrected chi connectivity index (χ3v) is 4.14. The molecule has 1 unspecified atom stereocenters. The van der Waals surface area contributed by atoms with Gasteiger partial charge >= 0.3 is 0 Å². The van der Waals surface area contributed by atoms with E-state index in [1.807, 2.05) is 24.6 Å². The van der Waals surface area contributed by atoms with Crippen LogP contribution in [-0.4, -0.2) is 14.9 Å². The van der Waals surface area contributed by atoms with E-state index in [4.69, 9.17) is 0 Å². The van der Waals surface area contributed by atoms with Gasteiger partial charge in [0.2, 0.25) is 0 Å². The van der Waals surface area contributed by atoms with Crippen LogP contribution in [0, 0.1) is 12.7 Å². The van der Waals surface area contributed by atoms with Gasteiger partial charge in [-0.3, -0.25) is 4.68 Å². The van der Waals surface area contributed by atoms with Crippen LogP contribution in [0.3, 0.4) is 0 Å². The lowest BCUT2D eigenvalue weighted by atomic mass is 9.90. The maximum Gasteiger partial charge on any atom is 0.123 e. The molecule has 0 amide bonds. The van der Waals surface area contributed by atoms with E-state index in [2.05, 4.69) is 5.10 Å². The number of fused-ring (bicyclic) bond motifs is 1. The highest BCUT2D eigenvalue weighted by atomic mass is 19.1. The zero-order valence-corrected chi connectivity index (χ0v) is 11.9. The fourth-order valence-corrected chi connectivity index (χ4v) is 3.20. The highest BCUT2D eigenvalue weighted by Gasteiger charge is 2.37. The van der Waals surface area contributed by atoms with E-state index in [1.165, 1.54) is 12.1 Å². The lowest BCUT2D eigenvalue weighted by molar-refractivity contribution is 0.0368. The van der Waals surface area contributed by atoms with E-state index in [1.54, 1.807) is 6.07 Å². The molecule has 1 aliphatic rings. The Balaban J connectivity index is 1.95. The Bertz CT molecular complexity index is 650. The molecule has 0 fully saturated rings. The quantitative estimate of drug-likeness (QED) is 0.934. The highest BCUT2D eigenvalue weighted by molar-refractivity contribution is 5.38. The van der Waals surface area contributed by atoms with Gasteiger partial charge in [-0.15, -0.1) is 0 Å². The van der Waals surface area contributed by atoms with Gasteiger partial charge in [-0.25, -0.2) is 4.39 Å². The Labute approximate surface area is 118 Å². The van der Waals surface area contributed by atoms with E-state index in [0.717, 1.165) is 35.5 Å². The zero-order valence-electron chi connectivity index (χ0n) is 11.9. The van der Waals surface area contributed by atoms with Crippen molar-refractivity contribution in [2.45, 2.75) is 45.3 Å². The maximum absolute atomic E-state index is 13.3. The molecule has 1 atom stereocenters. The fourth-order valence-electron chi connectivity index (χ4n) is 3.20. The average Bonchev–Trinajstić information content (AvgIpc) is 2.91. The standard InChI is InChI=1S/C16H19FN2O/c1-3-19-14(8-11(2)18-19)10-16(20)7-6-12-9-13(17)4-5-15(12)16/h4-5,8-9,20H,3,6-7,10H2,1-2H3. The minimum absolute atomic E-state index is 0.234. The van der Waals surface area contributed by atoms with E-state index in [-0.39, 0.29) is 5.82 Å². The Hall–Kier alpha value is -1.68. The number of benzene rings is 1. The van der Waals surface area contributed by atoms with E-state index >= 15 is 0 Å². The normalized spacial score (nSPS) is 21.2. The largest absolute Gasteiger partial charge is 0.385 e. The molecule has 1 N–H and O–H groups in total. The molecule has 4 heteroatoms. The summed E-state index contributed by atoms with van der Waals surface area (Å²) in [7, 11) is 0. The second-order valence-electron chi connectivity index (χ2n) is 5.60. The predicted molar refractivity (Wildman–Crippen MR) is 75.0 cm³/mol. The summed E-state index contributed by atoms with van der Waals surface area (Å²) in [4.78, 5) is 0. The van der Waals surface area contributed by atoms with E-state index < -0.39 is 5.60 Å². The van der Waals surface area contributed by atoms with Crippen molar-refractivity contribution in [1.82, 2.24) is 9.78 Å². The third-order valence-electron chi connectivity index (χ3n) is 4.14. The number of hydrogen-bond acceptors (Lipinski definition) is 2. The average molecular weight is 274 g/mol. The molecule has 3 rings (SSSR count). The molecule has 0 aliphatic heterocycles. The minimum atomic E-state index is -0.900. The lowest BCUT2D eigenvalue weighted by Gasteiger charge is -2.24. The van der Waals surface area contributed by atoms with Gasteiger partial charge in [0, 0.05) is 18.7 Å². The number of hydrogen-bond donors (Lipinski definition) is 1. The van der Waals surface area contributed by atoms with Crippen molar-refractivity contribution in [1.29, 1.82) is 0 Å². The summed E-state index contributed by atoms with van der Waals surface area (Å²) < 4.78 is 15.2. The molecule has 0 saturated heterocycles. The van der Waals surface area contributed by atoms with Gasteiger partial charge in [-0.1, -0.05) is 6.07 Å². The second kappa shape index (κ2) is 4.70. The summed E-state index contributed by atoms with van der Waals surface area (Å²) >= 11 is 0. The van der Waals surface area contributed by atoms with Gasteiger partial charge in [-0.2, -0.15) is 5.10 Å². The molecule has 0 radical (unpaired) electrons. The van der Waals surface area contributed by atoms with Crippen LogP contribution in [0.15, 0.2) is 24.3 Å². The van der Waals surface area contributed by atoms with Crippen LogP contribution in [-0.2, 0) is 25.0 Å². The minimum Gasteiger partial charge on any atom is -0.385 e. The van der Waals surface area contributed by atoms with Crippen molar-refractivity contribution in [3.05, 3.63) is 52.6 Å². The van der Waals surface area contributed by atoms with Gasteiger partial charge in [0.05, 0.1) is 11.3 Å². The molecule has 3 nitrogen and oxygen atoms in total. The van der Waals surface area contributed by atoms with Crippen LogP contribution in [0.1, 0.15) is 35.9 Å².